The van der Waals surface area contributed by atoms with Crippen LogP contribution in [0.1, 0.15) is 43.4 Å². The summed E-state index contributed by atoms with van der Waals surface area (Å²) in [7, 11) is 1.54. The molecule has 2 heterocycles. The Hall–Kier alpha value is -3.27. The number of ketones is 1. The smallest absolute Gasteiger partial charge is 0.239 e. The van der Waals surface area contributed by atoms with Gasteiger partial charge in [-0.3, -0.25) is 9.79 Å². The van der Waals surface area contributed by atoms with Gasteiger partial charge in [-0.1, -0.05) is 6.07 Å². The molecule has 7 nitrogen and oxygen atoms in total. The molecule has 3 rings (SSSR count). The lowest BCUT2D eigenvalue weighted by Crippen LogP contribution is -2.31. The topological polar surface area (TPSA) is 97.5 Å². The highest BCUT2D eigenvalue weighted by Crippen LogP contribution is 2.48. The Morgan fingerprint density at radius 1 is 1.37 bits per heavy atom. The van der Waals surface area contributed by atoms with E-state index in [9.17, 15) is 10.1 Å². The molecule has 0 amide bonds. The third kappa shape index (κ3) is 3.26. The van der Waals surface area contributed by atoms with Gasteiger partial charge in [-0.2, -0.15) is 10.4 Å². The summed E-state index contributed by atoms with van der Waals surface area (Å²) < 4.78 is 11.2. The van der Waals surface area contributed by atoms with Gasteiger partial charge in [0.05, 0.1) is 48.7 Å². The van der Waals surface area contributed by atoms with E-state index >= 15 is 0 Å². The molecule has 0 N–H and O–H groups in total. The number of carbonyl (C=O) groups excluding carboxylic acids is 1. The summed E-state index contributed by atoms with van der Waals surface area (Å²) in [6.07, 6.45) is 1.57. The highest BCUT2D eigenvalue weighted by Gasteiger charge is 2.40. The quantitative estimate of drug-likeness (QED) is 0.808. The number of benzene rings is 1. The number of rotatable bonds is 5. The van der Waals surface area contributed by atoms with Crippen LogP contribution in [0.3, 0.4) is 0 Å². The van der Waals surface area contributed by atoms with Crippen LogP contribution >= 0.6 is 0 Å². The van der Waals surface area contributed by atoms with Gasteiger partial charge in [0.15, 0.2) is 0 Å². The second-order valence-corrected chi connectivity index (χ2v) is 6.27. The van der Waals surface area contributed by atoms with Gasteiger partial charge in [-0.15, -0.1) is 5.10 Å². The van der Waals surface area contributed by atoms with Gasteiger partial charge in [0.25, 0.3) is 0 Å². The lowest BCUT2D eigenvalue weighted by atomic mass is 9.74. The molecule has 7 heteroatoms. The van der Waals surface area contributed by atoms with Crippen LogP contribution in [-0.2, 0) is 4.79 Å². The van der Waals surface area contributed by atoms with Crippen molar-refractivity contribution >= 4 is 17.2 Å². The van der Waals surface area contributed by atoms with Crippen molar-refractivity contribution in [2.24, 2.45) is 10.9 Å². The van der Waals surface area contributed by atoms with Gasteiger partial charge >= 0.3 is 0 Å². The van der Waals surface area contributed by atoms with Gasteiger partial charge in [-0.25, -0.2) is 0 Å². The minimum absolute atomic E-state index is 0.0161. The molecule has 0 saturated heterocycles. The number of ether oxygens (including phenoxy) is 2. The van der Waals surface area contributed by atoms with Crippen molar-refractivity contribution in [3.63, 3.8) is 0 Å². The van der Waals surface area contributed by atoms with Crippen molar-refractivity contribution in [3.05, 3.63) is 41.1 Å². The van der Waals surface area contributed by atoms with E-state index in [0.29, 0.717) is 40.8 Å². The summed E-state index contributed by atoms with van der Waals surface area (Å²) in [5, 5.41) is 17.3. The van der Waals surface area contributed by atoms with Crippen LogP contribution in [0.2, 0.25) is 0 Å². The van der Waals surface area contributed by atoms with Crippen LogP contribution in [0, 0.1) is 17.2 Å². The van der Waals surface area contributed by atoms with Crippen LogP contribution in [0.5, 0.6) is 11.6 Å². The fourth-order valence-electron chi connectivity index (χ4n) is 3.56. The molecule has 1 aliphatic rings. The fraction of sp³-hybridized carbons (Fsp3) is 0.350. The summed E-state index contributed by atoms with van der Waals surface area (Å²) in [4.78, 5) is 17.1. The van der Waals surface area contributed by atoms with Crippen molar-refractivity contribution in [3.8, 4) is 17.7 Å². The molecule has 0 radical (unpaired) electrons. The number of nitrogens with zero attached hydrogens (tertiary/aromatic N) is 4. The van der Waals surface area contributed by atoms with Crippen molar-refractivity contribution < 1.29 is 14.3 Å². The highest BCUT2D eigenvalue weighted by atomic mass is 16.5. The molecule has 1 aromatic heterocycles. The normalized spacial score (nSPS) is 18.1. The lowest BCUT2D eigenvalue weighted by Gasteiger charge is -2.32. The minimum atomic E-state index is -0.484. The second kappa shape index (κ2) is 7.54. The molecule has 0 bridgehead atoms. The molecular formula is C20H20N4O3. The Balaban J connectivity index is 2.31. The number of nitriles is 1. The molecule has 2 atom stereocenters. The van der Waals surface area contributed by atoms with E-state index in [1.807, 2.05) is 19.9 Å². The lowest BCUT2D eigenvalue weighted by molar-refractivity contribution is -0.119. The first-order valence-corrected chi connectivity index (χ1v) is 8.63. The number of aromatic nitrogens is 2. The molecule has 27 heavy (non-hydrogen) atoms. The molecule has 0 fully saturated rings. The predicted octanol–water partition coefficient (Wildman–Crippen LogP) is 3.20. The standard InChI is InChI=1S/C20H20N4O3/c1-5-27-20-19-15(10-22-24-20)23-11(2)17(12(3)25)18(19)14-7-6-13(9-21)8-16(14)26-4/h6-8,10,17-18H,5H2,1-4H3. The number of fused-ring (bicyclic) bond motifs is 1. The second-order valence-electron chi connectivity index (χ2n) is 6.27. The Morgan fingerprint density at radius 2 is 2.15 bits per heavy atom. The summed E-state index contributed by atoms with van der Waals surface area (Å²) in [6, 6.07) is 7.31. The van der Waals surface area contributed by atoms with E-state index in [2.05, 4.69) is 21.3 Å². The van der Waals surface area contributed by atoms with Crippen LogP contribution in [0.4, 0.5) is 5.69 Å². The highest BCUT2D eigenvalue weighted by molar-refractivity contribution is 6.07. The Kier molecular flexibility index (Phi) is 5.17. The average molecular weight is 364 g/mol. The van der Waals surface area contributed by atoms with Gasteiger partial charge in [0.2, 0.25) is 5.88 Å². The molecule has 0 saturated carbocycles. The first kappa shape index (κ1) is 18.5. The van der Waals surface area contributed by atoms with E-state index in [-0.39, 0.29) is 5.78 Å². The first-order valence-electron chi connectivity index (χ1n) is 8.63. The van der Waals surface area contributed by atoms with Crippen LogP contribution in [0.25, 0.3) is 0 Å². The van der Waals surface area contributed by atoms with Gasteiger partial charge < -0.3 is 9.47 Å². The number of hydrogen-bond donors (Lipinski definition) is 0. The predicted molar refractivity (Wildman–Crippen MR) is 99.7 cm³/mol. The first-order chi connectivity index (χ1) is 13.0. The molecule has 2 aromatic rings. The summed E-state index contributed by atoms with van der Waals surface area (Å²) in [6.45, 7) is 5.65. The van der Waals surface area contributed by atoms with Gasteiger partial charge in [-0.05, 0) is 32.9 Å². The Labute approximate surface area is 157 Å². The summed E-state index contributed by atoms with van der Waals surface area (Å²) >= 11 is 0. The molecule has 138 valence electrons. The number of Topliss-reactive ketones (excluding diaryl/α,β-unsaturated/α-hetero) is 1. The maximum atomic E-state index is 12.5. The Bertz CT molecular complexity index is 962. The SMILES string of the molecule is CCOc1nncc2c1C(c1ccc(C#N)cc1OC)C(C(C)=O)C(C)=N2. The summed E-state index contributed by atoms with van der Waals surface area (Å²) in [5.41, 5.74) is 3.29. The number of carbonyl (C=O) groups is 1. The molecule has 2 unspecified atom stereocenters. The molecule has 1 aliphatic heterocycles. The van der Waals surface area contributed by atoms with Crippen molar-refractivity contribution in [2.75, 3.05) is 13.7 Å². The third-order valence-corrected chi connectivity index (χ3v) is 4.64. The molecule has 0 aliphatic carbocycles. The monoisotopic (exact) mass is 364 g/mol. The number of hydrogen-bond acceptors (Lipinski definition) is 7. The zero-order chi connectivity index (χ0) is 19.6. The van der Waals surface area contributed by atoms with Gasteiger partial charge in [0, 0.05) is 17.2 Å². The van der Waals surface area contributed by atoms with E-state index in [1.165, 1.54) is 0 Å². The third-order valence-electron chi connectivity index (χ3n) is 4.64. The average Bonchev–Trinajstić information content (AvgIpc) is 2.66. The van der Waals surface area contributed by atoms with Crippen molar-refractivity contribution in [1.29, 1.82) is 5.26 Å². The van der Waals surface area contributed by atoms with Crippen molar-refractivity contribution in [1.82, 2.24) is 10.2 Å². The van der Waals surface area contributed by atoms with E-state index < -0.39 is 11.8 Å². The minimum Gasteiger partial charge on any atom is -0.496 e. The van der Waals surface area contributed by atoms with Crippen molar-refractivity contribution in [2.45, 2.75) is 26.7 Å². The Morgan fingerprint density at radius 3 is 2.78 bits per heavy atom. The molecule has 0 spiro atoms. The van der Waals surface area contributed by atoms with E-state index in [0.717, 1.165) is 5.56 Å². The maximum Gasteiger partial charge on any atom is 0.239 e. The largest absolute Gasteiger partial charge is 0.496 e. The molecular weight excluding hydrogens is 344 g/mol. The zero-order valence-corrected chi connectivity index (χ0v) is 15.7. The number of methoxy groups -OCH3 is 1. The van der Waals surface area contributed by atoms with Gasteiger partial charge in [0.1, 0.15) is 11.5 Å². The zero-order valence-electron chi connectivity index (χ0n) is 15.7. The van der Waals surface area contributed by atoms with E-state index in [1.54, 1.807) is 32.4 Å². The fourth-order valence-corrected chi connectivity index (χ4v) is 3.56. The molecule has 1 aromatic carbocycles. The van der Waals surface area contributed by atoms with Crippen LogP contribution in [-0.4, -0.2) is 35.4 Å². The maximum absolute atomic E-state index is 12.5. The van der Waals surface area contributed by atoms with Crippen LogP contribution < -0.4 is 9.47 Å². The van der Waals surface area contributed by atoms with E-state index in [4.69, 9.17) is 9.47 Å². The van der Waals surface area contributed by atoms with Crippen LogP contribution in [0.15, 0.2) is 29.4 Å². The number of aliphatic imine (C=N–C) groups is 1. The summed E-state index contributed by atoms with van der Waals surface area (Å²) in [5.74, 6) is -0.00539.